The third-order valence-corrected chi connectivity index (χ3v) is 6.39. The number of hydrogen-bond acceptors (Lipinski definition) is 4. The zero-order valence-corrected chi connectivity index (χ0v) is 17.6. The largest absolute Gasteiger partial charge is 0.329 e. The van der Waals surface area contributed by atoms with E-state index in [1.807, 2.05) is 4.90 Å². The number of nitrogens with one attached hydrogen (secondary N) is 2. The van der Waals surface area contributed by atoms with Crippen molar-refractivity contribution in [1.82, 2.24) is 14.9 Å². The fraction of sp³-hybridized carbons (Fsp3) is 0.350. The summed E-state index contributed by atoms with van der Waals surface area (Å²) < 4.78 is 26.0. The van der Waals surface area contributed by atoms with Crippen molar-refractivity contribution in [2.75, 3.05) is 26.7 Å². The number of rotatable bonds is 5. The molecule has 28 heavy (non-hydrogen) atoms. The highest BCUT2D eigenvalue weighted by molar-refractivity contribution is 7.89. The van der Waals surface area contributed by atoms with Crippen LogP contribution in [-0.2, 0) is 16.4 Å². The Morgan fingerprint density at radius 2 is 1.79 bits per heavy atom. The number of nitrogens with zero attached hydrogens (tertiary/aromatic N) is 1. The zero-order valence-electron chi connectivity index (χ0n) is 16.0. The number of amides is 1. The SMILES string of the molecule is CCc1ccc(C2CNCCN2C(=O)c2ccc(S(=O)(=O)NC)cc2)cc1.Cl. The molecule has 0 saturated carbocycles. The Labute approximate surface area is 172 Å². The first-order chi connectivity index (χ1) is 13.0. The molecule has 0 aromatic heterocycles. The number of aryl methyl sites for hydroxylation is 1. The third-order valence-electron chi connectivity index (χ3n) is 4.96. The molecule has 2 aromatic carbocycles. The van der Waals surface area contributed by atoms with Crippen LogP contribution < -0.4 is 10.0 Å². The summed E-state index contributed by atoms with van der Waals surface area (Å²) in [6.07, 6.45) is 0.980. The highest BCUT2D eigenvalue weighted by Gasteiger charge is 2.28. The molecule has 2 N–H and O–H groups in total. The van der Waals surface area contributed by atoms with Gasteiger partial charge in [-0.05, 0) is 48.9 Å². The van der Waals surface area contributed by atoms with Crippen molar-refractivity contribution in [1.29, 1.82) is 0 Å². The van der Waals surface area contributed by atoms with Gasteiger partial charge >= 0.3 is 0 Å². The predicted octanol–water partition coefficient (Wildman–Crippen LogP) is 2.37. The normalized spacial score (nSPS) is 17.1. The summed E-state index contributed by atoms with van der Waals surface area (Å²) in [5.74, 6) is -0.0885. The number of hydrogen-bond donors (Lipinski definition) is 2. The van der Waals surface area contributed by atoms with Crippen LogP contribution in [0.2, 0.25) is 0 Å². The first-order valence-electron chi connectivity index (χ1n) is 9.10. The van der Waals surface area contributed by atoms with Crippen LogP contribution in [-0.4, -0.2) is 45.9 Å². The lowest BCUT2D eigenvalue weighted by atomic mass is 10.00. The molecule has 1 aliphatic heterocycles. The molecule has 1 unspecified atom stereocenters. The summed E-state index contributed by atoms with van der Waals surface area (Å²) in [5, 5.41) is 3.35. The number of piperazine rings is 1. The number of sulfonamides is 1. The minimum Gasteiger partial charge on any atom is -0.329 e. The quantitative estimate of drug-likeness (QED) is 0.773. The second-order valence-corrected chi connectivity index (χ2v) is 8.43. The smallest absolute Gasteiger partial charge is 0.254 e. The molecule has 0 spiro atoms. The van der Waals surface area contributed by atoms with Crippen molar-refractivity contribution in [3.8, 4) is 0 Å². The molecular formula is C20H26ClN3O3S. The first kappa shape index (κ1) is 22.4. The molecular weight excluding hydrogens is 398 g/mol. The van der Waals surface area contributed by atoms with Gasteiger partial charge in [0.15, 0.2) is 0 Å². The lowest BCUT2D eigenvalue weighted by Crippen LogP contribution is -2.48. The molecule has 0 aliphatic carbocycles. The summed E-state index contributed by atoms with van der Waals surface area (Å²) in [5.41, 5.74) is 2.85. The second-order valence-electron chi connectivity index (χ2n) is 6.55. The fourth-order valence-electron chi connectivity index (χ4n) is 3.28. The Bertz CT molecular complexity index is 899. The lowest BCUT2D eigenvalue weighted by molar-refractivity contribution is 0.0634. The van der Waals surface area contributed by atoms with Crippen LogP contribution in [0.1, 0.15) is 34.5 Å². The summed E-state index contributed by atoms with van der Waals surface area (Å²) in [6, 6.07) is 14.4. The topological polar surface area (TPSA) is 78.5 Å². The van der Waals surface area contributed by atoms with Gasteiger partial charge in [-0.3, -0.25) is 4.79 Å². The molecule has 1 heterocycles. The predicted molar refractivity (Wildman–Crippen MR) is 112 cm³/mol. The first-order valence-corrected chi connectivity index (χ1v) is 10.6. The van der Waals surface area contributed by atoms with Crippen molar-refractivity contribution >= 4 is 28.3 Å². The third kappa shape index (κ3) is 4.72. The van der Waals surface area contributed by atoms with Crippen molar-refractivity contribution in [3.05, 3.63) is 65.2 Å². The van der Waals surface area contributed by atoms with Gasteiger partial charge in [0.2, 0.25) is 10.0 Å². The van der Waals surface area contributed by atoms with E-state index in [4.69, 9.17) is 0 Å². The maximum Gasteiger partial charge on any atom is 0.254 e. The van der Waals surface area contributed by atoms with Crippen LogP contribution >= 0.6 is 12.4 Å². The lowest BCUT2D eigenvalue weighted by Gasteiger charge is -2.36. The summed E-state index contributed by atoms with van der Waals surface area (Å²) >= 11 is 0. The molecule has 1 atom stereocenters. The molecule has 0 radical (unpaired) electrons. The van der Waals surface area contributed by atoms with E-state index in [0.29, 0.717) is 18.7 Å². The van der Waals surface area contributed by atoms with Crippen LogP contribution in [0, 0.1) is 0 Å². The van der Waals surface area contributed by atoms with Crippen LogP contribution in [0.4, 0.5) is 0 Å². The maximum atomic E-state index is 13.1. The van der Waals surface area contributed by atoms with Gasteiger partial charge in [-0.2, -0.15) is 0 Å². The van der Waals surface area contributed by atoms with Gasteiger partial charge < -0.3 is 10.2 Å². The van der Waals surface area contributed by atoms with Crippen molar-refractivity contribution in [2.24, 2.45) is 0 Å². The highest BCUT2D eigenvalue weighted by Crippen LogP contribution is 2.25. The average Bonchev–Trinajstić information content (AvgIpc) is 2.73. The van der Waals surface area contributed by atoms with E-state index < -0.39 is 10.0 Å². The van der Waals surface area contributed by atoms with Gasteiger partial charge in [-0.25, -0.2) is 13.1 Å². The molecule has 1 fully saturated rings. The van der Waals surface area contributed by atoms with Crippen molar-refractivity contribution in [3.63, 3.8) is 0 Å². The van der Waals surface area contributed by atoms with E-state index in [0.717, 1.165) is 18.5 Å². The number of carbonyl (C=O) groups excluding carboxylic acids is 1. The van der Waals surface area contributed by atoms with E-state index in [9.17, 15) is 13.2 Å². The highest BCUT2D eigenvalue weighted by atomic mass is 35.5. The minimum absolute atomic E-state index is 0. The molecule has 1 aliphatic rings. The van der Waals surface area contributed by atoms with E-state index in [-0.39, 0.29) is 29.3 Å². The summed E-state index contributed by atoms with van der Waals surface area (Å²) in [4.78, 5) is 15.1. The molecule has 8 heteroatoms. The van der Waals surface area contributed by atoms with Gasteiger partial charge in [0, 0.05) is 25.2 Å². The van der Waals surface area contributed by atoms with Crippen molar-refractivity contribution < 1.29 is 13.2 Å². The number of carbonyl (C=O) groups is 1. The number of benzene rings is 2. The van der Waals surface area contributed by atoms with Gasteiger partial charge in [0.05, 0.1) is 10.9 Å². The molecule has 152 valence electrons. The monoisotopic (exact) mass is 423 g/mol. The Hall–Kier alpha value is -1.93. The van der Waals surface area contributed by atoms with Gasteiger partial charge in [0.1, 0.15) is 0 Å². The van der Waals surface area contributed by atoms with Crippen LogP contribution in [0.15, 0.2) is 53.4 Å². The van der Waals surface area contributed by atoms with Gasteiger partial charge in [-0.15, -0.1) is 12.4 Å². The Kier molecular flexibility index (Phi) is 7.60. The van der Waals surface area contributed by atoms with Crippen LogP contribution in [0.5, 0.6) is 0 Å². The van der Waals surface area contributed by atoms with E-state index in [1.165, 1.54) is 24.7 Å². The minimum atomic E-state index is -3.51. The van der Waals surface area contributed by atoms with E-state index in [2.05, 4.69) is 41.2 Å². The van der Waals surface area contributed by atoms with Crippen LogP contribution in [0.25, 0.3) is 0 Å². The second kappa shape index (κ2) is 9.52. The zero-order chi connectivity index (χ0) is 19.4. The van der Waals surface area contributed by atoms with Crippen LogP contribution in [0.3, 0.4) is 0 Å². The van der Waals surface area contributed by atoms with Crippen molar-refractivity contribution in [2.45, 2.75) is 24.3 Å². The molecule has 1 amide bonds. The Balaban J connectivity index is 0.00000280. The van der Waals surface area contributed by atoms with Gasteiger partial charge in [0.25, 0.3) is 5.91 Å². The summed E-state index contributed by atoms with van der Waals surface area (Å²) in [7, 11) is -2.15. The Morgan fingerprint density at radius 3 is 2.36 bits per heavy atom. The number of halogens is 1. The fourth-order valence-corrected chi connectivity index (χ4v) is 4.01. The molecule has 0 bridgehead atoms. The maximum absolute atomic E-state index is 13.1. The van der Waals surface area contributed by atoms with Gasteiger partial charge in [-0.1, -0.05) is 31.2 Å². The standard InChI is InChI=1S/C20H25N3O3S.ClH/c1-3-15-4-6-16(7-5-15)19-14-22-12-13-23(19)20(24)17-8-10-18(11-9-17)27(25,26)21-2;/h4-11,19,21-22H,3,12-14H2,1-2H3;1H. The van der Waals surface area contributed by atoms with E-state index in [1.54, 1.807) is 12.1 Å². The summed E-state index contributed by atoms with van der Waals surface area (Å²) in [6.45, 7) is 4.16. The molecule has 2 aromatic rings. The average molecular weight is 424 g/mol. The molecule has 1 saturated heterocycles. The van der Waals surface area contributed by atoms with E-state index >= 15 is 0 Å². The Morgan fingerprint density at radius 1 is 1.14 bits per heavy atom. The molecule has 3 rings (SSSR count). The molecule has 6 nitrogen and oxygen atoms in total.